The van der Waals surface area contributed by atoms with Gasteiger partial charge in [-0.25, -0.2) is 0 Å². The lowest BCUT2D eigenvalue weighted by atomic mass is 9.88. The number of fused-ring (bicyclic) bond motifs is 2. The third-order valence-electron chi connectivity index (χ3n) is 5.41. The van der Waals surface area contributed by atoms with Crippen LogP contribution in [-0.2, 0) is 4.79 Å². The van der Waals surface area contributed by atoms with Crippen LogP contribution in [0.3, 0.4) is 0 Å². The van der Waals surface area contributed by atoms with E-state index in [1.807, 2.05) is 0 Å². The Kier molecular flexibility index (Phi) is 3.60. The molecule has 2 atom stereocenters. The van der Waals surface area contributed by atoms with Crippen LogP contribution in [0.25, 0.3) is 0 Å². The van der Waals surface area contributed by atoms with Crippen molar-refractivity contribution in [3.8, 4) is 0 Å². The topological polar surface area (TPSA) is 23.6 Å². The van der Waals surface area contributed by atoms with Gasteiger partial charge in [0.1, 0.15) is 0 Å². The molecule has 0 spiro atoms. The number of likely N-dealkylation sites (N-methyl/N-ethyl adjacent to an activating group) is 1. The Morgan fingerprint density at radius 2 is 1.67 bits per heavy atom. The summed E-state index contributed by atoms with van der Waals surface area (Å²) in [6, 6.07) is 1.36. The fraction of sp³-hybridized carbons (Fsp3) is 0.933. The number of nitrogens with zero attached hydrogens (tertiary/aromatic N) is 2. The molecule has 3 nitrogen and oxygen atoms in total. The standard InChI is InChI=1S/C15H26N2O/c1-16-13-7-8-14(16)11-17(10-9-13)15(18)12-5-3-2-4-6-12/h12-14H,2-11H2,1H3. The quantitative estimate of drug-likeness (QED) is 0.712. The summed E-state index contributed by atoms with van der Waals surface area (Å²) < 4.78 is 0. The summed E-state index contributed by atoms with van der Waals surface area (Å²) in [6.07, 6.45) is 9.94. The van der Waals surface area contributed by atoms with Crippen molar-refractivity contribution in [1.82, 2.24) is 9.80 Å². The normalized spacial score (nSPS) is 34.6. The van der Waals surface area contributed by atoms with Crippen LogP contribution in [0.4, 0.5) is 0 Å². The number of amides is 1. The molecule has 0 aromatic rings. The lowest BCUT2D eigenvalue weighted by Gasteiger charge is -2.30. The highest BCUT2D eigenvalue weighted by Crippen LogP contribution is 2.31. The van der Waals surface area contributed by atoms with Gasteiger partial charge in [0.25, 0.3) is 0 Å². The second-order valence-electron chi connectivity index (χ2n) is 6.46. The Labute approximate surface area is 111 Å². The van der Waals surface area contributed by atoms with E-state index < -0.39 is 0 Å². The molecule has 0 radical (unpaired) electrons. The summed E-state index contributed by atoms with van der Waals surface area (Å²) in [5.74, 6) is 0.816. The number of hydrogen-bond donors (Lipinski definition) is 0. The highest BCUT2D eigenvalue weighted by molar-refractivity contribution is 5.79. The molecule has 18 heavy (non-hydrogen) atoms. The molecule has 2 heterocycles. The Bertz CT molecular complexity index is 312. The summed E-state index contributed by atoms with van der Waals surface area (Å²) in [5, 5.41) is 0. The molecule has 0 N–H and O–H groups in total. The SMILES string of the molecule is CN1C2CCC1CN(C(=O)C1CCCCC1)CC2. The Morgan fingerprint density at radius 1 is 0.944 bits per heavy atom. The first-order chi connectivity index (χ1) is 8.75. The van der Waals surface area contributed by atoms with Gasteiger partial charge in [0.05, 0.1) is 0 Å². The van der Waals surface area contributed by atoms with Crippen molar-refractivity contribution in [2.24, 2.45) is 5.92 Å². The first-order valence-corrected chi connectivity index (χ1v) is 7.76. The zero-order chi connectivity index (χ0) is 12.5. The van der Waals surface area contributed by atoms with Crippen molar-refractivity contribution in [2.45, 2.75) is 63.5 Å². The molecule has 1 saturated carbocycles. The van der Waals surface area contributed by atoms with Crippen LogP contribution in [0.5, 0.6) is 0 Å². The van der Waals surface area contributed by atoms with Crippen LogP contribution in [0, 0.1) is 5.92 Å². The maximum Gasteiger partial charge on any atom is 0.225 e. The summed E-state index contributed by atoms with van der Waals surface area (Å²) in [7, 11) is 2.25. The zero-order valence-electron chi connectivity index (χ0n) is 11.6. The first-order valence-electron chi connectivity index (χ1n) is 7.76. The van der Waals surface area contributed by atoms with Gasteiger partial charge in [0.2, 0.25) is 5.91 Å². The number of carbonyl (C=O) groups is 1. The van der Waals surface area contributed by atoms with Crippen LogP contribution >= 0.6 is 0 Å². The molecule has 2 aliphatic heterocycles. The van der Waals surface area contributed by atoms with Crippen LogP contribution in [-0.4, -0.2) is 47.9 Å². The van der Waals surface area contributed by atoms with Gasteiger partial charge in [0.15, 0.2) is 0 Å². The van der Waals surface area contributed by atoms with Crippen molar-refractivity contribution in [3.63, 3.8) is 0 Å². The highest BCUT2D eigenvalue weighted by Gasteiger charge is 2.37. The number of carbonyl (C=O) groups excluding carboxylic acids is 1. The molecule has 3 aliphatic rings. The van der Waals surface area contributed by atoms with Gasteiger partial charge >= 0.3 is 0 Å². The molecular weight excluding hydrogens is 224 g/mol. The first kappa shape index (κ1) is 12.5. The van der Waals surface area contributed by atoms with Crippen molar-refractivity contribution in [3.05, 3.63) is 0 Å². The smallest absolute Gasteiger partial charge is 0.225 e. The molecular formula is C15H26N2O. The van der Waals surface area contributed by atoms with Gasteiger partial charge in [-0.1, -0.05) is 19.3 Å². The molecule has 3 heteroatoms. The Balaban J connectivity index is 1.63. The molecule has 0 aromatic carbocycles. The van der Waals surface area contributed by atoms with Gasteiger partial charge in [-0.2, -0.15) is 0 Å². The lowest BCUT2D eigenvalue weighted by Crippen LogP contribution is -2.42. The Morgan fingerprint density at radius 3 is 2.44 bits per heavy atom. The van der Waals surface area contributed by atoms with Gasteiger partial charge < -0.3 is 4.90 Å². The lowest BCUT2D eigenvalue weighted by molar-refractivity contribution is -0.136. The number of likely N-dealkylation sites (tertiary alicyclic amines) is 1. The molecule has 0 aromatic heterocycles. The van der Waals surface area contributed by atoms with Gasteiger partial charge in [-0.3, -0.25) is 9.69 Å². The molecule has 2 bridgehead atoms. The molecule has 102 valence electrons. The van der Waals surface area contributed by atoms with E-state index in [0.717, 1.165) is 32.0 Å². The second kappa shape index (κ2) is 5.20. The van der Waals surface area contributed by atoms with Crippen molar-refractivity contribution < 1.29 is 4.79 Å². The molecule has 3 rings (SSSR count). The fourth-order valence-electron chi connectivity index (χ4n) is 4.12. The summed E-state index contributed by atoms with van der Waals surface area (Å²) in [6.45, 7) is 1.99. The average molecular weight is 250 g/mol. The average Bonchev–Trinajstić information content (AvgIpc) is 2.64. The van der Waals surface area contributed by atoms with Crippen molar-refractivity contribution in [2.75, 3.05) is 20.1 Å². The zero-order valence-corrected chi connectivity index (χ0v) is 11.6. The van der Waals surface area contributed by atoms with Crippen LogP contribution < -0.4 is 0 Å². The van der Waals surface area contributed by atoms with E-state index in [1.54, 1.807) is 0 Å². The molecule has 1 aliphatic carbocycles. The predicted octanol–water partition coefficient (Wildman–Crippen LogP) is 2.26. The molecule has 3 fully saturated rings. The molecule has 2 saturated heterocycles. The van der Waals surface area contributed by atoms with Crippen molar-refractivity contribution >= 4 is 5.91 Å². The van der Waals surface area contributed by atoms with Gasteiger partial charge in [0, 0.05) is 31.1 Å². The van der Waals surface area contributed by atoms with Gasteiger partial charge in [-0.15, -0.1) is 0 Å². The minimum Gasteiger partial charge on any atom is -0.341 e. The monoisotopic (exact) mass is 250 g/mol. The predicted molar refractivity (Wildman–Crippen MR) is 72.3 cm³/mol. The summed E-state index contributed by atoms with van der Waals surface area (Å²) in [4.78, 5) is 17.3. The van der Waals surface area contributed by atoms with E-state index in [2.05, 4.69) is 16.8 Å². The largest absolute Gasteiger partial charge is 0.341 e. The molecule has 2 unspecified atom stereocenters. The highest BCUT2D eigenvalue weighted by atomic mass is 16.2. The van der Waals surface area contributed by atoms with Crippen LogP contribution in [0.1, 0.15) is 51.4 Å². The van der Waals surface area contributed by atoms with Crippen molar-refractivity contribution in [1.29, 1.82) is 0 Å². The van der Waals surface area contributed by atoms with E-state index in [9.17, 15) is 4.79 Å². The maximum atomic E-state index is 12.6. The minimum atomic E-state index is 0.348. The van der Waals surface area contributed by atoms with E-state index in [0.29, 0.717) is 17.9 Å². The minimum absolute atomic E-state index is 0.348. The van der Waals surface area contributed by atoms with Crippen LogP contribution in [0.2, 0.25) is 0 Å². The van der Waals surface area contributed by atoms with Crippen LogP contribution in [0.15, 0.2) is 0 Å². The second-order valence-corrected chi connectivity index (χ2v) is 6.46. The van der Waals surface area contributed by atoms with E-state index >= 15 is 0 Å². The van der Waals surface area contributed by atoms with E-state index in [1.165, 1.54) is 38.5 Å². The van der Waals surface area contributed by atoms with Gasteiger partial charge in [-0.05, 0) is 39.2 Å². The maximum absolute atomic E-state index is 12.6. The fourth-order valence-corrected chi connectivity index (χ4v) is 4.12. The number of rotatable bonds is 1. The third-order valence-corrected chi connectivity index (χ3v) is 5.41. The Hall–Kier alpha value is -0.570. The molecule has 1 amide bonds. The number of hydrogen-bond acceptors (Lipinski definition) is 2. The third kappa shape index (κ3) is 2.29. The van der Waals surface area contributed by atoms with E-state index in [-0.39, 0.29) is 0 Å². The van der Waals surface area contributed by atoms with E-state index in [4.69, 9.17) is 0 Å². The summed E-state index contributed by atoms with van der Waals surface area (Å²) in [5.41, 5.74) is 0. The summed E-state index contributed by atoms with van der Waals surface area (Å²) >= 11 is 0.